The molecule has 2 saturated carbocycles. The zero-order chi connectivity index (χ0) is 24.4. The summed E-state index contributed by atoms with van der Waals surface area (Å²) in [6, 6.07) is 9.40. The Balaban J connectivity index is 1.15. The molecule has 2 saturated heterocycles. The van der Waals surface area contributed by atoms with Crippen LogP contribution >= 0.6 is 0 Å². The van der Waals surface area contributed by atoms with Crippen LogP contribution in [0.5, 0.6) is 11.6 Å². The summed E-state index contributed by atoms with van der Waals surface area (Å²) >= 11 is 0. The third-order valence-corrected chi connectivity index (χ3v) is 7.78. The molecule has 0 N–H and O–H groups in total. The van der Waals surface area contributed by atoms with Crippen molar-refractivity contribution in [2.75, 3.05) is 27.0 Å². The maximum atomic E-state index is 13.9. The third-order valence-electron chi connectivity index (χ3n) is 7.78. The fourth-order valence-corrected chi connectivity index (χ4v) is 5.81. The molecule has 1 amide bonds. The maximum absolute atomic E-state index is 13.9. The number of rotatable bonds is 5. The first-order valence-electron chi connectivity index (χ1n) is 11.7. The number of piperidine rings is 1. The van der Waals surface area contributed by atoms with Crippen LogP contribution in [-0.4, -0.2) is 60.9 Å². The average Bonchev–Trinajstić information content (AvgIpc) is 3.27. The van der Waals surface area contributed by atoms with Gasteiger partial charge in [0.2, 0.25) is 0 Å². The Bertz CT molecular complexity index is 1150. The summed E-state index contributed by atoms with van der Waals surface area (Å²) in [5, 5.41) is 0. The number of hydrogen-bond donors (Lipinski definition) is 0. The molecule has 0 unspecified atom stereocenters. The Morgan fingerprint density at radius 1 is 1.20 bits per heavy atom. The predicted molar refractivity (Wildman–Crippen MR) is 116 cm³/mol. The zero-order valence-electron chi connectivity index (χ0n) is 19.1. The van der Waals surface area contributed by atoms with Crippen LogP contribution in [0.3, 0.4) is 0 Å². The lowest BCUT2D eigenvalue weighted by Crippen LogP contribution is -2.53. The van der Waals surface area contributed by atoms with Crippen molar-refractivity contribution in [2.24, 2.45) is 11.8 Å². The monoisotopic (exact) mass is 490 g/mol. The molecule has 1 aromatic heterocycles. The average molecular weight is 490 g/mol. The van der Waals surface area contributed by atoms with Crippen molar-refractivity contribution >= 4 is 5.91 Å². The number of methoxy groups -OCH3 is 1. The minimum absolute atomic E-state index is 0.0656. The van der Waals surface area contributed by atoms with Crippen LogP contribution in [-0.2, 0) is 15.1 Å². The number of halogens is 3. The Hall–Kier alpha value is -2.85. The molecule has 2 aliphatic heterocycles. The number of alkyl halides is 2. The summed E-state index contributed by atoms with van der Waals surface area (Å²) < 4.78 is 63.7. The molecule has 2 aromatic rings. The van der Waals surface area contributed by atoms with E-state index in [1.54, 1.807) is 23.1 Å². The van der Waals surface area contributed by atoms with E-state index in [1.165, 1.54) is 19.2 Å². The number of likely N-dealkylation sites (tertiary alicyclic amines) is 1. The molecule has 4 fully saturated rings. The quantitative estimate of drug-likeness (QED) is 0.636. The van der Waals surface area contributed by atoms with E-state index in [0.717, 1.165) is 0 Å². The van der Waals surface area contributed by atoms with E-state index in [1.807, 2.05) is 6.07 Å². The molecule has 0 radical (unpaired) electrons. The van der Waals surface area contributed by atoms with Crippen molar-refractivity contribution in [3.63, 3.8) is 0 Å². The highest BCUT2D eigenvalue weighted by Gasteiger charge is 2.72. The number of aromatic nitrogens is 1. The fraction of sp³-hybridized carbons (Fsp3) is 0.520. The van der Waals surface area contributed by atoms with Crippen molar-refractivity contribution < 1.29 is 36.9 Å². The van der Waals surface area contributed by atoms with Gasteiger partial charge in [0.15, 0.2) is 5.75 Å². The van der Waals surface area contributed by atoms with Gasteiger partial charge in [-0.2, -0.15) is 0 Å². The van der Waals surface area contributed by atoms with E-state index in [9.17, 15) is 18.0 Å². The molecular weight excluding hydrogens is 465 g/mol. The second kappa shape index (κ2) is 8.09. The second-order valence-electron chi connectivity index (χ2n) is 9.62. The standard InChI is InChI=1S/C25H25F3N2O5/c1-32-22-20(35-16-10-17-18(11-16)25(17,27)28)6-5-19(29-22)23(31)30-8-7-24(21(12-30)33-13-34-24)14-3-2-4-15(26)9-14/h2-6,9,16-18,21H,7-8,10-13H2,1H3/t17-,18-,21+,24+/m0/s1. The Morgan fingerprint density at radius 3 is 2.74 bits per heavy atom. The molecule has 7 nitrogen and oxygen atoms in total. The number of pyridine rings is 1. The van der Waals surface area contributed by atoms with Crippen molar-refractivity contribution in [3.8, 4) is 11.6 Å². The largest absolute Gasteiger partial charge is 0.485 e. The van der Waals surface area contributed by atoms with E-state index in [4.69, 9.17) is 18.9 Å². The number of carbonyl (C=O) groups is 1. The minimum Gasteiger partial charge on any atom is -0.485 e. The lowest BCUT2D eigenvalue weighted by atomic mass is 9.82. The van der Waals surface area contributed by atoms with Gasteiger partial charge in [-0.1, -0.05) is 12.1 Å². The summed E-state index contributed by atoms with van der Waals surface area (Å²) in [7, 11) is 1.42. The Kier molecular flexibility index (Phi) is 5.23. The molecule has 1 aromatic carbocycles. The maximum Gasteiger partial charge on any atom is 0.272 e. The van der Waals surface area contributed by atoms with Crippen LogP contribution < -0.4 is 9.47 Å². The predicted octanol–water partition coefficient (Wildman–Crippen LogP) is 3.77. The SMILES string of the molecule is COc1nc(C(=O)N2CC[C@]3(c4cccc(F)c4)OCO[C@@H]3C2)ccc1OC1C[C@H]2[C@H](C1)C2(F)F. The van der Waals surface area contributed by atoms with Gasteiger partial charge in [0.1, 0.15) is 36.1 Å². The van der Waals surface area contributed by atoms with E-state index in [-0.39, 0.29) is 42.7 Å². The highest BCUT2D eigenvalue weighted by atomic mass is 19.3. The molecule has 10 heteroatoms. The van der Waals surface area contributed by atoms with Crippen molar-refractivity contribution in [1.82, 2.24) is 9.88 Å². The van der Waals surface area contributed by atoms with Gasteiger partial charge in [-0.3, -0.25) is 4.79 Å². The van der Waals surface area contributed by atoms with Gasteiger partial charge >= 0.3 is 0 Å². The van der Waals surface area contributed by atoms with Gasteiger partial charge < -0.3 is 23.8 Å². The zero-order valence-corrected chi connectivity index (χ0v) is 19.1. The normalized spacial score (nSPS) is 31.1. The van der Waals surface area contributed by atoms with Crippen LogP contribution in [0, 0.1) is 17.7 Å². The Morgan fingerprint density at radius 2 is 2.00 bits per heavy atom. The lowest BCUT2D eigenvalue weighted by molar-refractivity contribution is -0.0441. The summed E-state index contributed by atoms with van der Waals surface area (Å²) in [5.41, 5.74) is 0.0587. The van der Waals surface area contributed by atoms with Gasteiger partial charge in [-0.15, -0.1) is 0 Å². The first-order chi connectivity index (χ1) is 16.8. The van der Waals surface area contributed by atoms with E-state index in [0.29, 0.717) is 37.1 Å². The van der Waals surface area contributed by atoms with Crippen LogP contribution in [0.4, 0.5) is 13.2 Å². The van der Waals surface area contributed by atoms with E-state index < -0.39 is 29.5 Å². The first kappa shape index (κ1) is 22.6. The molecule has 0 bridgehead atoms. The van der Waals surface area contributed by atoms with Crippen LogP contribution in [0.2, 0.25) is 0 Å². The fourth-order valence-electron chi connectivity index (χ4n) is 5.81. The number of nitrogens with zero attached hydrogens (tertiary/aromatic N) is 2. The number of hydrogen-bond acceptors (Lipinski definition) is 6. The molecule has 4 atom stereocenters. The summed E-state index contributed by atoms with van der Waals surface area (Å²) in [6.07, 6.45) is 0.273. The molecular formula is C25H25F3N2O5. The number of amides is 1. The van der Waals surface area contributed by atoms with Crippen LogP contribution in [0.15, 0.2) is 36.4 Å². The molecule has 3 heterocycles. The Labute approximate surface area is 200 Å². The first-order valence-corrected chi connectivity index (χ1v) is 11.7. The van der Waals surface area contributed by atoms with Gasteiger partial charge in [0.05, 0.1) is 13.7 Å². The minimum atomic E-state index is -2.56. The number of benzene rings is 1. The summed E-state index contributed by atoms with van der Waals surface area (Å²) in [4.78, 5) is 19.2. The molecule has 0 spiro atoms. The van der Waals surface area contributed by atoms with Crippen molar-refractivity contribution in [2.45, 2.75) is 43.0 Å². The van der Waals surface area contributed by atoms with Gasteiger partial charge in [0, 0.05) is 24.8 Å². The molecule has 186 valence electrons. The van der Waals surface area contributed by atoms with E-state index in [2.05, 4.69) is 4.98 Å². The molecule has 35 heavy (non-hydrogen) atoms. The van der Waals surface area contributed by atoms with Crippen LogP contribution in [0.25, 0.3) is 0 Å². The van der Waals surface area contributed by atoms with Gasteiger partial charge in [-0.25, -0.2) is 18.2 Å². The van der Waals surface area contributed by atoms with Gasteiger partial charge in [-0.05, 0) is 42.7 Å². The number of fused-ring (bicyclic) bond motifs is 2. The highest BCUT2D eigenvalue weighted by molar-refractivity contribution is 5.92. The van der Waals surface area contributed by atoms with Crippen molar-refractivity contribution in [1.29, 1.82) is 0 Å². The van der Waals surface area contributed by atoms with Crippen molar-refractivity contribution in [3.05, 3.63) is 53.5 Å². The van der Waals surface area contributed by atoms with E-state index >= 15 is 0 Å². The highest BCUT2D eigenvalue weighted by Crippen LogP contribution is 2.64. The number of ether oxygens (including phenoxy) is 4. The summed E-state index contributed by atoms with van der Waals surface area (Å²) in [5.74, 6) is -3.97. The third kappa shape index (κ3) is 3.65. The van der Waals surface area contributed by atoms with Gasteiger partial charge in [0.25, 0.3) is 17.7 Å². The molecule has 2 aliphatic carbocycles. The lowest BCUT2D eigenvalue weighted by Gasteiger charge is -2.41. The topological polar surface area (TPSA) is 70.1 Å². The molecule has 4 aliphatic rings. The summed E-state index contributed by atoms with van der Waals surface area (Å²) in [6.45, 7) is 0.698. The smallest absolute Gasteiger partial charge is 0.272 e. The second-order valence-corrected chi connectivity index (χ2v) is 9.62. The number of carbonyl (C=O) groups excluding carboxylic acids is 1. The van der Waals surface area contributed by atoms with Crippen LogP contribution in [0.1, 0.15) is 35.3 Å². The molecule has 6 rings (SSSR count).